The second kappa shape index (κ2) is 8.74. The molecule has 0 aliphatic carbocycles. The minimum atomic E-state index is -0.398. The van der Waals surface area contributed by atoms with Crippen molar-refractivity contribution in [3.63, 3.8) is 0 Å². The highest BCUT2D eigenvalue weighted by Gasteiger charge is 2.12. The zero-order valence-corrected chi connectivity index (χ0v) is 11.9. The molecule has 0 aliphatic rings. The fourth-order valence-electron chi connectivity index (χ4n) is 1.63. The molecule has 3 N–H and O–H groups in total. The second-order valence-electron chi connectivity index (χ2n) is 3.98. The Hall–Kier alpha value is -1.30. The van der Waals surface area contributed by atoms with Crippen LogP contribution in [-0.2, 0) is 4.79 Å². The van der Waals surface area contributed by atoms with Crippen molar-refractivity contribution in [1.82, 2.24) is 0 Å². The van der Waals surface area contributed by atoms with Gasteiger partial charge in [-0.15, -0.1) is 12.4 Å². The van der Waals surface area contributed by atoms with Crippen LogP contribution in [0.5, 0.6) is 11.5 Å². The molecular weight excluding hydrogens is 270 g/mol. The van der Waals surface area contributed by atoms with E-state index in [4.69, 9.17) is 20.3 Å². The zero-order chi connectivity index (χ0) is 13.5. The molecule has 6 heteroatoms. The Morgan fingerprint density at radius 3 is 2.63 bits per heavy atom. The van der Waals surface area contributed by atoms with Gasteiger partial charge in [-0.05, 0) is 30.5 Å². The third kappa shape index (κ3) is 5.46. The SMILES string of the molecule is COc1cc([C@@H](N)CCCO)ccc1OC(C)=O.Cl. The number of carbonyl (C=O) groups is 1. The van der Waals surface area contributed by atoms with Gasteiger partial charge in [0.05, 0.1) is 7.11 Å². The highest BCUT2D eigenvalue weighted by Crippen LogP contribution is 2.30. The van der Waals surface area contributed by atoms with Crippen LogP contribution in [0.3, 0.4) is 0 Å². The van der Waals surface area contributed by atoms with Crippen molar-refractivity contribution in [2.45, 2.75) is 25.8 Å². The molecule has 0 radical (unpaired) electrons. The number of hydrogen-bond acceptors (Lipinski definition) is 5. The van der Waals surface area contributed by atoms with E-state index in [1.165, 1.54) is 14.0 Å². The van der Waals surface area contributed by atoms with Crippen LogP contribution in [0.2, 0.25) is 0 Å². The van der Waals surface area contributed by atoms with Gasteiger partial charge in [0.2, 0.25) is 0 Å². The van der Waals surface area contributed by atoms with E-state index < -0.39 is 5.97 Å². The van der Waals surface area contributed by atoms with Crippen molar-refractivity contribution in [3.05, 3.63) is 23.8 Å². The summed E-state index contributed by atoms with van der Waals surface area (Å²) in [6.07, 6.45) is 1.34. The largest absolute Gasteiger partial charge is 0.493 e. The van der Waals surface area contributed by atoms with Crippen molar-refractivity contribution in [3.8, 4) is 11.5 Å². The molecule has 0 heterocycles. The molecule has 1 aromatic carbocycles. The highest BCUT2D eigenvalue weighted by atomic mass is 35.5. The number of halogens is 1. The number of aliphatic hydroxyl groups is 1. The minimum absolute atomic E-state index is 0. The van der Waals surface area contributed by atoms with Gasteiger partial charge >= 0.3 is 5.97 Å². The predicted molar refractivity (Wildman–Crippen MR) is 74.8 cm³/mol. The first kappa shape index (κ1) is 17.7. The molecule has 1 atom stereocenters. The maximum atomic E-state index is 10.9. The van der Waals surface area contributed by atoms with Gasteiger partial charge in [0.15, 0.2) is 11.5 Å². The Kier molecular flexibility index (Phi) is 8.14. The van der Waals surface area contributed by atoms with Gasteiger partial charge in [0.1, 0.15) is 0 Å². The maximum Gasteiger partial charge on any atom is 0.308 e. The monoisotopic (exact) mass is 289 g/mol. The number of methoxy groups -OCH3 is 1. The van der Waals surface area contributed by atoms with Crippen LogP contribution in [0.4, 0.5) is 0 Å². The van der Waals surface area contributed by atoms with Crippen LogP contribution in [-0.4, -0.2) is 24.8 Å². The van der Waals surface area contributed by atoms with Crippen molar-refractivity contribution < 1.29 is 19.4 Å². The summed E-state index contributed by atoms with van der Waals surface area (Å²) in [5.41, 5.74) is 6.87. The summed E-state index contributed by atoms with van der Waals surface area (Å²) >= 11 is 0. The van der Waals surface area contributed by atoms with Crippen molar-refractivity contribution in [2.24, 2.45) is 5.73 Å². The lowest BCUT2D eigenvalue weighted by Gasteiger charge is -2.14. The Balaban J connectivity index is 0.00000324. The first-order valence-corrected chi connectivity index (χ1v) is 5.81. The fraction of sp³-hybridized carbons (Fsp3) is 0.462. The molecule has 0 spiro atoms. The molecule has 0 aromatic heterocycles. The predicted octanol–water partition coefficient (Wildman–Crippen LogP) is 1.81. The lowest BCUT2D eigenvalue weighted by atomic mass is 10.0. The van der Waals surface area contributed by atoms with Crippen LogP contribution in [0.1, 0.15) is 31.4 Å². The third-order valence-electron chi connectivity index (χ3n) is 2.54. The smallest absolute Gasteiger partial charge is 0.308 e. The minimum Gasteiger partial charge on any atom is -0.493 e. The molecule has 0 aliphatic heterocycles. The molecule has 0 saturated heterocycles. The van der Waals surface area contributed by atoms with E-state index in [0.29, 0.717) is 24.3 Å². The number of esters is 1. The van der Waals surface area contributed by atoms with Crippen molar-refractivity contribution >= 4 is 18.4 Å². The topological polar surface area (TPSA) is 81.8 Å². The first-order valence-electron chi connectivity index (χ1n) is 5.81. The quantitative estimate of drug-likeness (QED) is 0.616. The maximum absolute atomic E-state index is 10.9. The van der Waals surface area contributed by atoms with Gasteiger partial charge in [0, 0.05) is 19.6 Å². The summed E-state index contributed by atoms with van der Waals surface area (Å²) in [7, 11) is 1.51. The second-order valence-corrected chi connectivity index (χ2v) is 3.98. The van der Waals surface area contributed by atoms with Gasteiger partial charge in [0.25, 0.3) is 0 Å². The van der Waals surface area contributed by atoms with E-state index in [1.807, 2.05) is 0 Å². The van der Waals surface area contributed by atoms with Gasteiger partial charge in [-0.2, -0.15) is 0 Å². The van der Waals surface area contributed by atoms with Crippen LogP contribution in [0, 0.1) is 0 Å². The average molecular weight is 290 g/mol. The third-order valence-corrected chi connectivity index (χ3v) is 2.54. The molecule has 0 bridgehead atoms. The van der Waals surface area contributed by atoms with E-state index >= 15 is 0 Å². The molecule has 1 aromatic rings. The lowest BCUT2D eigenvalue weighted by molar-refractivity contribution is -0.132. The van der Waals surface area contributed by atoms with Gasteiger partial charge in [-0.1, -0.05) is 6.07 Å². The number of aliphatic hydroxyl groups excluding tert-OH is 1. The number of hydrogen-bond donors (Lipinski definition) is 2. The number of benzene rings is 1. The summed E-state index contributed by atoms with van der Waals surface area (Å²) in [5, 5.41) is 8.77. The zero-order valence-electron chi connectivity index (χ0n) is 11.1. The molecule has 108 valence electrons. The molecule has 19 heavy (non-hydrogen) atoms. The summed E-state index contributed by atoms with van der Waals surface area (Å²) in [5.74, 6) is 0.455. The Labute approximate surface area is 119 Å². The summed E-state index contributed by atoms with van der Waals surface area (Å²) in [6.45, 7) is 1.46. The van der Waals surface area contributed by atoms with Gasteiger partial charge in [-0.3, -0.25) is 4.79 Å². The van der Waals surface area contributed by atoms with Crippen LogP contribution in [0.15, 0.2) is 18.2 Å². The molecule has 0 fully saturated rings. The summed E-state index contributed by atoms with van der Waals surface area (Å²) in [4.78, 5) is 10.9. The molecule has 1 rings (SSSR count). The lowest BCUT2D eigenvalue weighted by Crippen LogP contribution is -2.11. The van der Waals surface area contributed by atoms with Gasteiger partial charge < -0.3 is 20.3 Å². The van der Waals surface area contributed by atoms with Crippen molar-refractivity contribution in [2.75, 3.05) is 13.7 Å². The highest BCUT2D eigenvalue weighted by molar-refractivity contribution is 5.85. The van der Waals surface area contributed by atoms with E-state index in [2.05, 4.69) is 0 Å². The fourth-order valence-corrected chi connectivity index (χ4v) is 1.63. The van der Waals surface area contributed by atoms with E-state index in [0.717, 1.165) is 5.56 Å². The van der Waals surface area contributed by atoms with Crippen LogP contribution >= 0.6 is 12.4 Å². The molecule has 5 nitrogen and oxygen atoms in total. The average Bonchev–Trinajstić information content (AvgIpc) is 2.35. The summed E-state index contributed by atoms with van der Waals surface area (Å²) < 4.78 is 10.2. The molecular formula is C13H20ClNO4. The number of nitrogens with two attached hydrogens (primary N) is 1. The Morgan fingerprint density at radius 2 is 2.11 bits per heavy atom. The number of ether oxygens (including phenoxy) is 2. The number of carbonyl (C=O) groups excluding carboxylic acids is 1. The van der Waals surface area contributed by atoms with E-state index in [9.17, 15) is 4.79 Å². The number of rotatable bonds is 6. The van der Waals surface area contributed by atoms with E-state index in [1.54, 1.807) is 18.2 Å². The standard InChI is InChI=1S/C13H19NO4.ClH/c1-9(16)18-12-6-5-10(8-13(12)17-2)11(14)4-3-7-15;/h5-6,8,11,15H,3-4,7,14H2,1-2H3;1H/t11-;/m0./s1. The molecule has 0 amide bonds. The molecule has 0 saturated carbocycles. The Morgan fingerprint density at radius 1 is 1.42 bits per heavy atom. The van der Waals surface area contributed by atoms with Crippen molar-refractivity contribution in [1.29, 1.82) is 0 Å². The van der Waals surface area contributed by atoms with Crippen LogP contribution in [0.25, 0.3) is 0 Å². The summed E-state index contributed by atoms with van der Waals surface area (Å²) in [6, 6.07) is 5.04. The first-order chi connectivity index (χ1) is 8.58. The molecule has 0 unspecified atom stereocenters. The van der Waals surface area contributed by atoms with E-state index in [-0.39, 0.29) is 25.1 Å². The Bertz CT molecular complexity index is 412. The van der Waals surface area contributed by atoms with Crippen LogP contribution < -0.4 is 15.2 Å². The normalized spacial score (nSPS) is 11.4. The van der Waals surface area contributed by atoms with Gasteiger partial charge in [-0.25, -0.2) is 0 Å².